The van der Waals surface area contributed by atoms with Gasteiger partial charge in [0, 0.05) is 17.0 Å². The lowest BCUT2D eigenvalue weighted by molar-refractivity contribution is 0.363. The van der Waals surface area contributed by atoms with E-state index in [0.29, 0.717) is 22.3 Å². The van der Waals surface area contributed by atoms with Crippen molar-refractivity contribution >= 4 is 11.6 Å². The highest BCUT2D eigenvalue weighted by atomic mass is 35.5. The lowest BCUT2D eigenvalue weighted by atomic mass is 10.1. The highest BCUT2D eigenvalue weighted by molar-refractivity contribution is 6.31. The first kappa shape index (κ1) is 14.0. The van der Waals surface area contributed by atoms with Crippen LogP contribution in [0.25, 0.3) is 0 Å². The molecule has 1 aliphatic rings. The summed E-state index contributed by atoms with van der Waals surface area (Å²) in [5, 5.41) is 13.3. The van der Waals surface area contributed by atoms with E-state index in [1.54, 1.807) is 12.1 Å². The Morgan fingerprint density at radius 3 is 2.86 bits per heavy atom. The van der Waals surface area contributed by atoms with E-state index in [-0.39, 0.29) is 23.7 Å². The van der Waals surface area contributed by atoms with Crippen molar-refractivity contribution in [2.75, 3.05) is 0 Å². The van der Waals surface area contributed by atoms with Gasteiger partial charge < -0.3 is 4.52 Å². The van der Waals surface area contributed by atoms with E-state index in [2.05, 4.69) is 16.2 Å². The zero-order chi connectivity index (χ0) is 15.2. The van der Waals surface area contributed by atoms with Crippen molar-refractivity contribution in [3.63, 3.8) is 0 Å². The molecule has 0 bridgehead atoms. The first-order valence-corrected chi connectivity index (χ1v) is 6.98. The molecule has 0 saturated heterocycles. The van der Waals surface area contributed by atoms with Crippen LogP contribution in [0.1, 0.15) is 37.0 Å². The number of aromatic nitrogens is 2. The molecule has 1 aliphatic carbocycles. The number of benzene rings is 1. The highest BCUT2D eigenvalue weighted by Crippen LogP contribution is 2.63. The van der Waals surface area contributed by atoms with Gasteiger partial charge in [0.05, 0.1) is 17.9 Å². The van der Waals surface area contributed by atoms with Gasteiger partial charge in [-0.2, -0.15) is 10.2 Å². The molecule has 1 fully saturated rings. The molecule has 2 aromatic rings. The Bertz CT molecular complexity index is 715. The third-order valence-electron chi connectivity index (χ3n) is 4.11. The molecule has 1 saturated carbocycles. The normalized spacial score (nSPS) is 22.8. The smallest absolute Gasteiger partial charge is 0.231 e. The van der Waals surface area contributed by atoms with E-state index in [9.17, 15) is 4.39 Å². The molecule has 21 heavy (non-hydrogen) atoms. The molecule has 0 N–H and O–H groups in total. The average Bonchev–Trinajstić information content (AvgIpc) is 2.78. The van der Waals surface area contributed by atoms with Crippen LogP contribution in [-0.4, -0.2) is 10.1 Å². The second-order valence-corrected chi connectivity index (χ2v) is 6.24. The molecule has 1 aromatic heterocycles. The minimum atomic E-state index is -0.393. The van der Waals surface area contributed by atoms with Crippen LogP contribution in [0.5, 0.6) is 0 Å². The molecule has 0 amide bonds. The van der Waals surface area contributed by atoms with Crippen LogP contribution in [0.15, 0.2) is 22.7 Å². The number of rotatable bonds is 3. The number of hydrogen-bond acceptors (Lipinski definition) is 4. The summed E-state index contributed by atoms with van der Waals surface area (Å²) in [5.74, 6) is 0.239. The second kappa shape index (κ2) is 4.81. The summed E-state index contributed by atoms with van der Waals surface area (Å²) in [6, 6.07) is 6.76. The summed E-state index contributed by atoms with van der Waals surface area (Å²) >= 11 is 5.98. The van der Waals surface area contributed by atoms with Crippen LogP contribution < -0.4 is 0 Å². The fourth-order valence-corrected chi connectivity index (χ4v) is 2.89. The van der Waals surface area contributed by atoms with Gasteiger partial charge in [-0.3, -0.25) is 0 Å². The molecule has 0 radical (unpaired) electrons. The van der Waals surface area contributed by atoms with Gasteiger partial charge in [-0.15, -0.1) is 0 Å². The second-order valence-electron chi connectivity index (χ2n) is 5.83. The van der Waals surface area contributed by atoms with E-state index in [1.165, 1.54) is 6.07 Å². The Morgan fingerprint density at radius 1 is 1.48 bits per heavy atom. The Morgan fingerprint density at radius 2 is 2.24 bits per heavy atom. The number of hydrogen-bond donors (Lipinski definition) is 0. The van der Waals surface area contributed by atoms with Crippen molar-refractivity contribution in [1.82, 2.24) is 10.1 Å². The Balaban J connectivity index is 1.83. The fraction of sp³-hybridized carbons (Fsp3) is 0.400. The van der Waals surface area contributed by atoms with Crippen molar-refractivity contribution < 1.29 is 8.91 Å². The van der Waals surface area contributed by atoms with Crippen molar-refractivity contribution in [3.8, 4) is 6.07 Å². The van der Waals surface area contributed by atoms with Gasteiger partial charge in [0.25, 0.3) is 0 Å². The molecule has 1 aromatic carbocycles. The third kappa shape index (κ3) is 2.30. The predicted molar refractivity (Wildman–Crippen MR) is 74.1 cm³/mol. The lowest BCUT2D eigenvalue weighted by Crippen LogP contribution is -1.96. The number of halogens is 2. The van der Waals surface area contributed by atoms with Crippen LogP contribution in [0.4, 0.5) is 4.39 Å². The van der Waals surface area contributed by atoms with Gasteiger partial charge in [0.2, 0.25) is 5.89 Å². The monoisotopic (exact) mass is 305 g/mol. The van der Waals surface area contributed by atoms with E-state index >= 15 is 0 Å². The number of nitriles is 1. The van der Waals surface area contributed by atoms with Crippen LogP contribution in [0.3, 0.4) is 0 Å². The molecule has 0 spiro atoms. The molecule has 1 heterocycles. The SMILES string of the molecule is CC1(C)C(C#N)C1c1nc(Cc2c(F)cccc2Cl)no1. The molecule has 2 atom stereocenters. The van der Waals surface area contributed by atoms with Gasteiger partial charge >= 0.3 is 0 Å². The molecule has 3 rings (SSSR count). The van der Waals surface area contributed by atoms with Crippen molar-refractivity contribution in [3.05, 3.63) is 46.3 Å². The Kier molecular flexibility index (Phi) is 3.22. The largest absolute Gasteiger partial charge is 0.339 e. The van der Waals surface area contributed by atoms with E-state index in [1.807, 2.05) is 13.8 Å². The standard InChI is InChI=1S/C15H13ClFN3O/c1-15(2)9(7-18)13(15)14-19-12(20-21-14)6-8-10(16)4-3-5-11(8)17/h3-5,9,13H,6H2,1-2H3. The molecular formula is C15H13ClFN3O. The van der Waals surface area contributed by atoms with Crippen LogP contribution in [-0.2, 0) is 6.42 Å². The summed E-state index contributed by atoms with van der Waals surface area (Å²) in [7, 11) is 0. The number of nitrogens with zero attached hydrogens (tertiary/aromatic N) is 3. The van der Waals surface area contributed by atoms with Crippen molar-refractivity contribution in [2.45, 2.75) is 26.2 Å². The average molecular weight is 306 g/mol. The zero-order valence-electron chi connectivity index (χ0n) is 11.6. The maximum atomic E-state index is 13.7. The quantitative estimate of drug-likeness (QED) is 0.867. The molecular weight excluding hydrogens is 293 g/mol. The van der Waals surface area contributed by atoms with Crippen molar-refractivity contribution in [1.29, 1.82) is 5.26 Å². The van der Waals surface area contributed by atoms with Crippen LogP contribution >= 0.6 is 11.6 Å². The Hall–Kier alpha value is -1.93. The maximum Gasteiger partial charge on any atom is 0.231 e. The van der Waals surface area contributed by atoms with Gasteiger partial charge in [0.1, 0.15) is 5.82 Å². The minimum absolute atomic E-state index is 0.0557. The van der Waals surface area contributed by atoms with E-state index in [0.717, 1.165) is 0 Å². The van der Waals surface area contributed by atoms with Crippen LogP contribution in [0, 0.1) is 28.5 Å². The zero-order valence-corrected chi connectivity index (χ0v) is 12.4. The summed E-state index contributed by atoms with van der Waals surface area (Å²) < 4.78 is 19.0. The minimum Gasteiger partial charge on any atom is -0.339 e. The first-order valence-electron chi connectivity index (χ1n) is 6.60. The summed E-state index contributed by atoms with van der Waals surface area (Å²) in [4.78, 5) is 4.29. The van der Waals surface area contributed by atoms with Gasteiger partial charge in [-0.1, -0.05) is 36.7 Å². The lowest BCUT2D eigenvalue weighted by Gasteiger charge is -2.01. The predicted octanol–water partition coefficient (Wildman–Crippen LogP) is 3.72. The van der Waals surface area contributed by atoms with E-state index < -0.39 is 5.82 Å². The topological polar surface area (TPSA) is 62.7 Å². The van der Waals surface area contributed by atoms with Gasteiger partial charge in [0.15, 0.2) is 5.82 Å². The van der Waals surface area contributed by atoms with Crippen LogP contribution in [0.2, 0.25) is 5.02 Å². The first-order chi connectivity index (χ1) is 9.95. The molecule has 0 aliphatic heterocycles. The van der Waals surface area contributed by atoms with Gasteiger partial charge in [-0.05, 0) is 17.5 Å². The van der Waals surface area contributed by atoms with Crippen molar-refractivity contribution in [2.24, 2.45) is 11.3 Å². The fourth-order valence-electron chi connectivity index (χ4n) is 2.66. The maximum absolute atomic E-state index is 13.7. The summed E-state index contributed by atoms with van der Waals surface area (Å²) in [5.41, 5.74) is 0.187. The molecule has 2 unspecified atom stereocenters. The van der Waals surface area contributed by atoms with Gasteiger partial charge in [-0.25, -0.2) is 4.39 Å². The molecule has 108 valence electrons. The Labute approximate surface area is 126 Å². The third-order valence-corrected chi connectivity index (χ3v) is 4.47. The molecule has 6 heteroatoms. The summed E-state index contributed by atoms with van der Waals surface area (Å²) in [6.07, 6.45) is 0.166. The van der Waals surface area contributed by atoms with E-state index in [4.69, 9.17) is 21.4 Å². The highest BCUT2D eigenvalue weighted by Gasteiger charge is 2.62. The molecule has 4 nitrogen and oxygen atoms in total. The summed E-state index contributed by atoms with van der Waals surface area (Å²) in [6.45, 7) is 3.98.